The molecule has 96 valence electrons. The molecule has 0 amide bonds. The van der Waals surface area contributed by atoms with E-state index in [-0.39, 0.29) is 0 Å². The minimum Gasteiger partial charge on any atom is -0.319 e. The Hall–Kier alpha value is -1.13. The van der Waals surface area contributed by atoms with Crippen LogP contribution in [0.2, 0.25) is 0 Å². The maximum Gasteiger partial charge on any atom is 0.0631 e. The van der Waals surface area contributed by atoms with Gasteiger partial charge in [0.2, 0.25) is 0 Å². The predicted molar refractivity (Wildman–Crippen MR) is 77.7 cm³/mol. The zero-order chi connectivity index (χ0) is 13.0. The molecular formula is C14H18BrN3. The van der Waals surface area contributed by atoms with Crippen molar-refractivity contribution in [3.05, 3.63) is 52.3 Å². The molecule has 1 atom stereocenters. The van der Waals surface area contributed by atoms with Gasteiger partial charge in [-0.3, -0.25) is 4.68 Å². The molecule has 1 N–H and O–H groups in total. The third-order valence-electron chi connectivity index (χ3n) is 3.02. The lowest BCUT2D eigenvalue weighted by Crippen LogP contribution is -2.19. The Morgan fingerprint density at radius 3 is 2.72 bits per heavy atom. The van der Waals surface area contributed by atoms with Gasteiger partial charge in [-0.2, -0.15) is 5.10 Å². The number of nitrogens with zero attached hydrogens (tertiary/aromatic N) is 2. The number of aryl methyl sites for hydroxylation is 1. The summed E-state index contributed by atoms with van der Waals surface area (Å²) in [7, 11) is 3.94. The fourth-order valence-corrected chi connectivity index (χ4v) is 2.78. The van der Waals surface area contributed by atoms with E-state index in [1.54, 1.807) is 0 Å². The summed E-state index contributed by atoms with van der Waals surface area (Å²) in [6.07, 6.45) is 2.94. The van der Waals surface area contributed by atoms with Crippen LogP contribution in [-0.2, 0) is 13.5 Å². The lowest BCUT2D eigenvalue weighted by atomic mass is 9.94. The molecule has 1 aromatic heterocycles. The Morgan fingerprint density at radius 1 is 1.33 bits per heavy atom. The van der Waals surface area contributed by atoms with E-state index in [1.807, 2.05) is 31.0 Å². The van der Waals surface area contributed by atoms with E-state index < -0.39 is 0 Å². The second kappa shape index (κ2) is 6.16. The average molecular weight is 308 g/mol. The van der Waals surface area contributed by atoms with Gasteiger partial charge in [0.25, 0.3) is 0 Å². The molecule has 0 saturated heterocycles. The van der Waals surface area contributed by atoms with Crippen molar-refractivity contribution >= 4 is 15.9 Å². The van der Waals surface area contributed by atoms with Gasteiger partial charge in [-0.1, -0.05) is 34.1 Å². The number of likely N-dealkylation sites (N-methyl/N-ethyl adjacent to an activating group) is 1. The van der Waals surface area contributed by atoms with Gasteiger partial charge in [-0.25, -0.2) is 0 Å². The van der Waals surface area contributed by atoms with Crippen LogP contribution in [0.4, 0.5) is 0 Å². The first-order chi connectivity index (χ1) is 8.70. The molecule has 0 aliphatic carbocycles. The van der Waals surface area contributed by atoms with Crippen LogP contribution in [0, 0.1) is 0 Å². The van der Waals surface area contributed by atoms with Crippen molar-refractivity contribution in [3.63, 3.8) is 0 Å². The van der Waals surface area contributed by atoms with Gasteiger partial charge in [-0.05, 0) is 31.2 Å². The summed E-state index contributed by atoms with van der Waals surface area (Å²) in [5.74, 6) is 0.431. The molecule has 2 aromatic rings. The molecule has 3 nitrogen and oxygen atoms in total. The van der Waals surface area contributed by atoms with Crippen molar-refractivity contribution in [1.29, 1.82) is 0 Å². The minimum atomic E-state index is 0.431. The van der Waals surface area contributed by atoms with Gasteiger partial charge in [0.15, 0.2) is 0 Å². The second-order valence-corrected chi connectivity index (χ2v) is 5.32. The highest BCUT2D eigenvalue weighted by molar-refractivity contribution is 9.10. The van der Waals surface area contributed by atoms with Crippen LogP contribution in [0.5, 0.6) is 0 Å². The number of benzene rings is 1. The smallest absolute Gasteiger partial charge is 0.0631 e. The van der Waals surface area contributed by atoms with Crippen LogP contribution in [0.1, 0.15) is 17.2 Å². The molecule has 0 aliphatic rings. The summed E-state index contributed by atoms with van der Waals surface area (Å²) in [5.41, 5.74) is 2.46. The molecule has 1 heterocycles. The molecule has 1 unspecified atom stereocenters. The van der Waals surface area contributed by atoms with Crippen LogP contribution in [0.3, 0.4) is 0 Å². The molecule has 18 heavy (non-hydrogen) atoms. The Kier molecular flexibility index (Phi) is 4.55. The Bertz CT molecular complexity index is 507. The molecule has 2 rings (SSSR count). The van der Waals surface area contributed by atoms with E-state index in [4.69, 9.17) is 0 Å². The van der Waals surface area contributed by atoms with Gasteiger partial charge < -0.3 is 5.32 Å². The maximum absolute atomic E-state index is 4.46. The zero-order valence-electron chi connectivity index (χ0n) is 10.7. The highest BCUT2D eigenvalue weighted by Crippen LogP contribution is 2.27. The Balaban J connectivity index is 2.20. The van der Waals surface area contributed by atoms with Gasteiger partial charge in [-0.15, -0.1) is 0 Å². The molecule has 0 saturated carbocycles. The van der Waals surface area contributed by atoms with Crippen LogP contribution in [0.25, 0.3) is 0 Å². The molecular weight excluding hydrogens is 290 g/mol. The van der Waals surface area contributed by atoms with Crippen molar-refractivity contribution in [1.82, 2.24) is 15.1 Å². The van der Waals surface area contributed by atoms with E-state index in [9.17, 15) is 0 Å². The molecule has 0 fully saturated rings. The number of aromatic nitrogens is 2. The van der Waals surface area contributed by atoms with E-state index in [0.717, 1.165) is 18.7 Å². The maximum atomic E-state index is 4.46. The van der Waals surface area contributed by atoms with E-state index in [0.29, 0.717) is 5.92 Å². The van der Waals surface area contributed by atoms with Crippen molar-refractivity contribution in [2.24, 2.45) is 7.05 Å². The number of hydrogen-bond acceptors (Lipinski definition) is 2. The van der Waals surface area contributed by atoms with Crippen molar-refractivity contribution < 1.29 is 0 Å². The lowest BCUT2D eigenvalue weighted by molar-refractivity contribution is 0.607. The number of nitrogens with one attached hydrogen (secondary N) is 1. The first kappa shape index (κ1) is 13.3. The van der Waals surface area contributed by atoms with Crippen molar-refractivity contribution in [3.8, 4) is 0 Å². The Morgan fingerprint density at radius 2 is 2.11 bits per heavy atom. The summed E-state index contributed by atoms with van der Waals surface area (Å²) in [4.78, 5) is 0. The monoisotopic (exact) mass is 307 g/mol. The standard InChI is InChI=1S/C14H18BrN3/c1-16-10-11(9-12-7-8-18(2)17-12)13-5-3-4-6-14(13)15/h3-8,11,16H,9-10H2,1-2H3. The summed E-state index contributed by atoms with van der Waals surface area (Å²) in [6, 6.07) is 10.5. The van der Waals surface area contributed by atoms with Crippen LogP contribution in [0.15, 0.2) is 41.0 Å². The number of halogens is 1. The van der Waals surface area contributed by atoms with Crippen LogP contribution < -0.4 is 5.32 Å². The van der Waals surface area contributed by atoms with Gasteiger partial charge >= 0.3 is 0 Å². The molecule has 0 bridgehead atoms. The Labute approximate surface area is 116 Å². The molecule has 0 spiro atoms. The summed E-state index contributed by atoms with van der Waals surface area (Å²) in [6.45, 7) is 0.944. The zero-order valence-corrected chi connectivity index (χ0v) is 12.3. The largest absolute Gasteiger partial charge is 0.319 e. The molecule has 0 aliphatic heterocycles. The minimum absolute atomic E-state index is 0.431. The van der Waals surface area contributed by atoms with Gasteiger partial charge in [0, 0.05) is 30.2 Å². The number of hydrogen-bond donors (Lipinski definition) is 1. The van der Waals surface area contributed by atoms with Gasteiger partial charge in [0.1, 0.15) is 0 Å². The predicted octanol–water partition coefficient (Wildman–Crippen LogP) is 2.73. The van der Waals surface area contributed by atoms with Crippen molar-refractivity contribution in [2.45, 2.75) is 12.3 Å². The number of rotatable bonds is 5. The van der Waals surface area contributed by atoms with Crippen LogP contribution >= 0.6 is 15.9 Å². The molecule has 4 heteroatoms. The van der Waals surface area contributed by atoms with Crippen LogP contribution in [-0.4, -0.2) is 23.4 Å². The summed E-state index contributed by atoms with van der Waals surface area (Å²) < 4.78 is 3.02. The van der Waals surface area contributed by atoms with E-state index >= 15 is 0 Å². The quantitative estimate of drug-likeness (QED) is 0.920. The SMILES string of the molecule is CNCC(Cc1ccn(C)n1)c1ccccc1Br. The van der Waals surface area contributed by atoms with E-state index in [1.165, 1.54) is 10.0 Å². The highest BCUT2D eigenvalue weighted by Gasteiger charge is 2.15. The van der Waals surface area contributed by atoms with Crippen molar-refractivity contribution in [2.75, 3.05) is 13.6 Å². The second-order valence-electron chi connectivity index (χ2n) is 4.46. The highest BCUT2D eigenvalue weighted by atomic mass is 79.9. The molecule has 0 radical (unpaired) electrons. The van der Waals surface area contributed by atoms with Gasteiger partial charge in [0.05, 0.1) is 5.69 Å². The first-order valence-electron chi connectivity index (χ1n) is 6.08. The fourth-order valence-electron chi connectivity index (χ4n) is 2.17. The first-order valence-corrected chi connectivity index (χ1v) is 6.87. The average Bonchev–Trinajstić information content (AvgIpc) is 2.75. The lowest BCUT2D eigenvalue weighted by Gasteiger charge is -2.17. The third-order valence-corrected chi connectivity index (χ3v) is 3.74. The summed E-state index contributed by atoms with van der Waals surface area (Å²) >= 11 is 3.63. The topological polar surface area (TPSA) is 29.9 Å². The van der Waals surface area contributed by atoms with E-state index in [2.05, 4.69) is 50.6 Å². The normalized spacial score (nSPS) is 12.6. The molecule has 1 aromatic carbocycles. The summed E-state index contributed by atoms with van der Waals surface area (Å²) in [5, 5.41) is 7.73. The third kappa shape index (κ3) is 3.21. The fraction of sp³-hybridized carbons (Fsp3) is 0.357.